The molecule has 0 bridgehead atoms. The van der Waals surface area contributed by atoms with Crippen molar-refractivity contribution in [3.63, 3.8) is 0 Å². The highest BCUT2D eigenvalue weighted by molar-refractivity contribution is 5.77. The maximum absolute atomic E-state index is 11.7. The van der Waals surface area contributed by atoms with Crippen LogP contribution in [0, 0.1) is 0 Å². The van der Waals surface area contributed by atoms with Crippen molar-refractivity contribution in [2.75, 3.05) is 26.2 Å². The van der Waals surface area contributed by atoms with Crippen molar-refractivity contribution in [1.29, 1.82) is 0 Å². The lowest BCUT2D eigenvalue weighted by molar-refractivity contribution is -0.122. The summed E-state index contributed by atoms with van der Waals surface area (Å²) in [5.41, 5.74) is 0. The van der Waals surface area contributed by atoms with Gasteiger partial charge >= 0.3 is 0 Å². The van der Waals surface area contributed by atoms with E-state index in [0.717, 1.165) is 25.4 Å². The van der Waals surface area contributed by atoms with Crippen molar-refractivity contribution in [3.05, 3.63) is 24.2 Å². The summed E-state index contributed by atoms with van der Waals surface area (Å²) in [4.78, 5) is 13.9. The van der Waals surface area contributed by atoms with Crippen molar-refractivity contribution >= 4 is 5.91 Å². The highest BCUT2D eigenvalue weighted by atomic mass is 16.3. The molecule has 1 fully saturated rings. The van der Waals surface area contributed by atoms with Crippen LogP contribution in [0.1, 0.15) is 12.7 Å². The molecule has 1 aliphatic rings. The van der Waals surface area contributed by atoms with Crippen LogP contribution in [0.15, 0.2) is 22.8 Å². The Labute approximate surface area is 101 Å². The molecule has 5 heteroatoms. The minimum Gasteiger partial charge on any atom is -0.467 e. The Bertz CT molecular complexity index is 351. The highest BCUT2D eigenvalue weighted by Gasteiger charge is 2.17. The zero-order valence-corrected chi connectivity index (χ0v) is 10.1. The van der Waals surface area contributed by atoms with Crippen LogP contribution in [0.2, 0.25) is 0 Å². The second kappa shape index (κ2) is 5.84. The van der Waals surface area contributed by atoms with E-state index in [1.54, 1.807) is 6.26 Å². The summed E-state index contributed by atoms with van der Waals surface area (Å²) < 4.78 is 5.15. The lowest BCUT2D eigenvalue weighted by Crippen LogP contribution is -2.51. The molecule has 1 aromatic heterocycles. The van der Waals surface area contributed by atoms with Gasteiger partial charge in [0.2, 0.25) is 5.91 Å². The number of amides is 1. The Hall–Kier alpha value is -1.33. The van der Waals surface area contributed by atoms with Gasteiger partial charge in [-0.05, 0) is 19.1 Å². The number of carbonyl (C=O) groups excluding carboxylic acids is 1. The van der Waals surface area contributed by atoms with Gasteiger partial charge in [0.1, 0.15) is 5.76 Å². The Morgan fingerprint density at radius 3 is 3.29 bits per heavy atom. The molecule has 1 amide bonds. The van der Waals surface area contributed by atoms with Gasteiger partial charge in [0.15, 0.2) is 0 Å². The van der Waals surface area contributed by atoms with Crippen LogP contribution in [0.4, 0.5) is 0 Å². The van der Waals surface area contributed by atoms with E-state index in [2.05, 4.69) is 22.5 Å². The molecule has 1 atom stereocenters. The van der Waals surface area contributed by atoms with Crippen molar-refractivity contribution in [1.82, 2.24) is 15.5 Å². The topological polar surface area (TPSA) is 57.5 Å². The standard InChI is InChI=1S/C12H19N3O2/c1-10-8-15(5-4-13-10)9-12(16)14-7-11-3-2-6-17-11/h2-3,6,10,13H,4-5,7-9H2,1H3,(H,14,16). The number of carbonyl (C=O) groups is 1. The first-order valence-corrected chi connectivity index (χ1v) is 5.99. The third-order valence-corrected chi connectivity index (χ3v) is 2.86. The van der Waals surface area contributed by atoms with Gasteiger partial charge in [-0.1, -0.05) is 0 Å². The number of nitrogens with one attached hydrogen (secondary N) is 2. The minimum absolute atomic E-state index is 0.0514. The van der Waals surface area contributed by atoms with E-state index in [0.29, 0.717) is 19.1 Å². The fourth-order valence-corrected chi connectivity index (χ4v) is 2.01. The molecule has 0 spiro atoms. The molecule has 2 rings (SSSR count). The number of furan rings is 1. The van der Waals surface area contributed by atoms with Gasteiger partial charge < -0.3 is 15.1 Å². The van der Waals surface area contributed by atoms with Gasteiger partial charge in [-0.2, -0.15) is 0 Å². The fourth-order valence-electron chi connectivity index (χ4n) is 2.01. The first-order valence-electron chi connectivity index (χ1n) is 5.99. The predicted molar refractivity (Wildman–Crippen MR) is 64.5 cm³/mol. The predicted octanol–water partition coefficient (Wildman–Crippen LogP) is 0.190. The molecule has 5 nitrogen and oxygen atoms in total. The number of hydrogen-bond acceptors (Lipinski definition) is 4. The smallest absolute Gasteiger partial charge is 0.234 e. The molecule has 0 aliphatic carbocycles. The van der Waals surface area contributed by atoms with Crippen LogP contribution >= 0.6 is 0 Å². The molecule has 1 aromatic rings. The first-order chi connectivity index (χ1) is 8.24. The van der Waals surface area contributed by atoms with Crippen LogP contribution in [-0.2, 0) is 11.3 Å². The lowest BCUT2D eigenvalue weighted by atomic mass is 10.2. The molecule has 1 aliphatic heterocycles. The van der Waals surface area contributed by atoms with E-state index < -0.39 is 0 Å². The molecular weight excluding hydrogens is 218 g/mol. The number of nitrogens with zero attached hydrogens (tertiary/aromatic N) is 1. The Kier molecular flexibility index (Phi) is 4.17. The van der Waals surface area contributed by atoms with Gasteiger partial charge in [0.25, 0.3) is 0 Å². The summed E-state index contributed by atoms with van der Waals surface area (Å²) in [5, 5.41) is 6.20. The number of piperazine rings is 1. The van der Waals surface area contributed by atoms with Gasteiger partial charge in [0.05, 0.1) is 19.4 Å². The second-order valence-corrected chi connectivity index (χ2v) is 4.45. The lowest BCUT2D eigenvalue weighted by Gasteiger charge is -2.31. The molecule has 2 N–H and O–H groups in total. The summed E-state index contributed by atoms with van der Waals surface area (Å²) in [6, 6.07) is 4.13. The number of hydrogen-bond donors (Lipinski definition) is 2. The Morgan fingerprint density at radius 2 is 2.59 bits per heavy atom. The van der Waals surface area contributed by atoms with Crippen molar-refractivity contribution < 1.29 is 9.21 Å². The molecular formula is C12H19N3O2. The number of rotatable bonds is 4. The summed E-state index contributed by atoms with van der Waals surface area (Å²) in [6.07, 6.45) is 1.61. The maximum atomic E-state index is 11.7. The van der Waals surface area contributed by atoms with Gasteiger partial charge in [-0.25, -0.2) is 0 Å². The molecule has 2 heterocycles. The molecule has 1 saturated heterocycles. The molecule has 0 saturated carbocycles. The molecule has 17 heavy (non-hydrogen) atoms. The summed E-state index contributed by atoms with van der Waals surface area (Å²) >= 11 is 0. The molecule has 94 valence electrons. The first kappa shape index (κ1) is 12.1. The Balaban J connectivity index is 1.70. The van der Waals surface area contributed by atoms with Crippen LogP contribution in [-0.4, -0.2) is 43.0 Å². The van der Waals surface area contributed by atoms with E-state index in [-0.39, 0.29) is 5.91 Å². The van der Waals surface area contributed by atoms with Crippen LogP contribution in [0.25, 0.3) is 0 Å². The fraction of sp³-hybridized carbons (Fsp3) is 0.583. The van der Waals surface area contributed by atoms with E-state index in [1.807, 2.05) is 12.1 Å². The average molecular weight is 237 g/mol. The zero-order chi connectivity index (χ0) is 12.1. The summed E-state index contributed by atoms with van der Waals surface area (Å²) in [5.74, 6) is 0.836. The van der Waals surface area contributed by atoms with Gasteiger partial charge in [-0.15, -0.1) is 0 Å². The highest BCUT2D eigenvalue weighted by Crippen LogP contribution is 2.00. The average Bonchev–Trinajstić information content (AvgIpc) is 2.79. The monoisotopic (exact) mass is 237 g/mol. The largest absolute Gasteiger partial charge is 0.467 e. The summed E-state index contributed by atoms with van der Waals surface area (Å²) in [6.45, 7) is 5.87. The van der Waals surface area contributed by atoms with E-state index in [9.17, 15) is 4.79 Å². The third kappa shape index (κ3) is 3.87. The Morgan fingerprint density at radius 1 is 1.71 bits per heavy atom. The van der Waals surface area contributed by atoms with Crippen LogP contribution in [0.5, 0.6) is 0 Å². The second-order valence-electron chi connectivity index (χ2n) is 4.45. The van der Waals surface area contributed by atoms with Gasteiger partial charge in [-0.3, -0.25) is 9.69 Å². The van der Waals surface area contributed by atoms with E-state index >= 15 is 0 Å². The van der Waals surface area contributed by atoms with Crippen LogP contribution in [0.3, 0.4) is 0 Å². The molecule has 1 unspecified atom stereocenters. The van der Waals surface area contributed by atoms with Crippen molar-refractivity contribution in [2.24, 2.45) is 0 Å². The minimum atomic E-state index is 0.0514. The summed E-state index contributed by atoms with van der Waals surface area (Å²) in [7, 11) is 0. The van der Waals surface area contributed by atoms with Crippen molar-refractivity contribution in [3.8, 4) is 0 Å². The van der Waals surface area contributed by atoms with Gasteiger partial charge in [0, 0.05) is 25.7 Å². The quantitative estimate of drug-likeness (QED) is 0.785. The molecule has 0 radical (unpaired) electrons. The SMILES string of the molecule is CC1CN(CC(=O)NCc2ccco2)CCN1. The van der Waals surface area contributed by atoms with E-state index in [1.165, 1.54) is 0 Å². The van der Waals surface area contributed by atoms with Crippen molar-refractivity contribution in [2.45, 2.75) is 19.5 Å². The van der Waals surface area contributed by atoms with E-state index in [4.69, 9.17) is 4.42 Å². The van der Waals surface area contributed by atoms with Crippen LogP contribution < -0.4 is 10.6 Å². The third-order valence-electron chi connectivity index (χ3n) is 2.86. The normalized spacial score (nSPS) is 21.4. The maximum Gasteiger partial charge on any atom is 0.234 e. The molecule has 0 aromatic carbocycles. The zero-order valence-electron chi connectivity index (χ0n) is 10.1.